The number of nitrogens with zero attached hydrogens (tertiary/aromatic N) is 1. The molecular weight excluding hydrogens is 294 g/mol. The van der Waals surface area contributed by atoms with Gasteiger partial charge in [0.25, 0.3) is 10.0 Å². The lowest BCUT2D eigenvalue weighted by Crippen LogP contribution is -2.21. The standard InChI is InChI=1S/C13H15N3O4S/c1-9(2)20-13-10(4-3-6-15-13)16-21(18,19)12-8-14-7-5-11(12)17/h3-9,16H,1-2H3,(H,14,17). The zero-order valence-corrected chi connectivity index (χ0v) is 12.3. The maximum atomic E-state index is 12.2. The quantitative estimate of drug-likeness (QED) is 0.868. The fourth-order valence-electron chi connectivity index (χ4n) is 1.60. The van der Waals surface area contributed by atoms with Gasteiger partial charge in [0, 0.05) is 24.7 Å². The molecule has 2 aromatic rings. The minimum atomic E-state index is -4.02. The lowest BCUT2D eigenvalue weighted by atomic mass is 10.4. The monoisotopic (exact) mass is 309 g/mol. The third-order valence-corrected chi connectivity index (χ3v) is 3.83. The van der Waals surface area contributed by atoms with Crippen LogP contribution in [0.15, 0.2) is 46.5 Å². The van der Waals surface area contributed by atoms with E-state index in [1.165, 1.54) is 18.5 Å². The first-order chi connectivity index (χ1) is 9.90. The molecular formula is C13H15N3O4S. The molecule has 0 fully saturated rings. The molecule has 8 heteroatoms. The highest BCUT2D eigenvalue weighted by molar-refractivity contribution is 7.92. The summed E-state index contributed by atoms with van der Waals surface area (Å²) in [6.45, 7) is 3.60. The van der Waals surface area contributed by atoms with Crippen molar-refractivity contribution in [2.75, 3.05) is 4.72 Å². The van der Waals surface area contributed by atoms with E-state index in [0.717, 1.165) is 12.3 Å². The topological polar surface area (TPSA) is 101 Å². The van der Waals surface area contributed by atoms with Crippen LogP contribution < -0.4 is 14.9 Å². The predicted molar refractivity (Wildman–Crippen MR) is 77.9 cm³/mol. The molecule has 0 atom stereocenters. The third-order valence-electron chi connectivity index (χ3n) is 2.44. The Balaban J connectivity index is 2.38. The summed E-state index contributed by atoms with van der Waals surface area (Å²) < 4.78 is 32.2. The van der Waals surface area contributed by atoms with Crippen LogP contribution in [0.5, 0.6) is 5.88 Å². The van der Waals surface area contributed by atoms with Crippen molar-refractivity contribution in [2.45, 2.75) is 24.8 Å². The van der Waals surface area contributed by atoms with E-state index < -0.39 is 15.5 Å². The molecule has 0 unspecified atom stereocenters. The second-order valence-electron chi connectivity index (χ2n) is 4.50. The van der Waals surface area contributed by atoms with Crippen LogP contribution in [-0.4, -0.2) is 24.5 Å². The van der Waals surface area contributed by atoms with Crippen LogP contribution in [0.3, 0.4) is 0 Å². The van der Waals surface area contributed by atoms with Crippen molar-refractivity contribution >= 4 is 15.7 Å². The van der Waals surface area contributed by atoms with Gasteiger partial charge in [-0.15, -0.1) is 0 Å². The van der Waals surface area contributed by atoms with E-state index in [0.29, 0.717) is 0 Å². The fourth-order valence-corrected chi connectivity index (χ4v) is 2.71. The number of pyridine rings is 2. The molecule has 0 saturated carbocycles. The number of hydrogen-bond acceptors (Lipinski definition) is 5. The van der Waals surface area contributed by atoms with Crippen LogP contribution in [0.1, 0.15) is 13.8 Å². The minimum absolute atomic E-state index is 0.156. The molecule has 0 radical (unpaired) electrons. The Morgan fingerprint density at radius 1 is 1.33 bits per heavy atom. The van der Waals surface area contributed by atoms with Crippen LogP contribution in [0.2, 0.25) is 0 Å². The van der Waals surface area contributed by atoms with Gasteiger partial charge in [-0.2, -0.15) is 0 Å². The normalized spacial score (nSPS) is 11.4. The molecule has 0 bridgehead atoms. The van der Waals surface area contributed by atoms with Crippen molar-refractivity contribution in [3.63, 3.8) is 0 Å². The number of H-pyrrole nitrogens is 1. The van der Waals surface area contributed by atoms with Crippen molar-refractivity contribution in [1.82, 2.24) is 9.97 Å². The lowest BCUT2D eigenvalue weighted by molar-refractivity contribution is 0.234. The van der Waals surface area contributed by atoms with Crippen molar-refractivity contribution < 1.29 is 13.2 Å². The van der Waals surface area contributed by atoms with Gasteiger partial charge in [0.15, 0.2) is 4.90 Å². The smallest absolute Gasteiger partial charge is 0.267 e. The van der Waals surface area contributed by atoms with E-state index in [2.05, 4.69) is 14.7 Å². The molecule has 2 N–H and O–H groups in total. The lowest BCUT2D eigenvalue weighted by Gasteiger charge is -2.14. The van der Waals surface area contributed by atoms with Gasteiger partial charge in [-0.1, -0.05) is 0 Å². The fraction of sp³-hybridized carbons (Fsp3) is 0.231. The summed E-state index contributed by atoms with van der Waals surface area (Å²) in [5, 5.41) is 0. The molecule has 2 rings (SSSR count). The maximum absolute atomic E-state index is 12.2. The number of sulfonamides is 1. The van der Waals surface area contributed by atoms with Crippen molar-refractivity contribution in [3.05, 3.63) is 47.0 Å². The molecule has 0 spiro atoms. The maximum Gasteiger partial charge on any atom is 0.267 e. The molecule has 112 valence electrons. The summed E-state index contributed by atoms with van der Waals surface area (Å²) in [4.78, 5) is 17.8. The molecule has 0 aromatic carbocycles. The molecule has 0 aliphatic carbocycles. The first-order valence-electron chi connectivity index (χ1n) is 6.22. The van der Waals surface area contributed by atoms with E-state index in [-0.39, 0.29) is 22.6 Å². The van der Waals surface area contributed by atoms with Crippen molar-refractivity contribution in [3.8, 4) is 5.88 Å². The Morgan fingerprint density at radius 2 is 2.10 bits per heavy atom. The Labute approximate surface area is 122 Å². The van der Waals surface area contributed by atoms with Crippen LogP contribution in [0, 0.1) is 0 Å². The van der Waals surface area contributed by atoms with Gasteiger partial charge >= 0.3 is 0 Å². The van der Waals surface area contributed by atoms with Crippen molar-refractivity contribution in [2.24, 2.45) is 0 Å². The van der Waals surface area contributed by atoms with E-state index in [1.54, 1.807) is 19.9 Å². The van der Waals surface area contributed by atoms with E-state index in [4.69, 9.17) is 4.74 Å². The van der Waals surface area contributed by atoms with Crippen molar-refractivity contribution in [1.29, 1.82) is 0 Å². The van der Waals surface area contributed by atoms with Gasteiger partial charge in [-0.25, -0.2) is 13.4 Å². The molecule has 2 aromatic heterocycles. The summed E-state index contributed by atoms with van der Waals surface area (Å²) >= 11 is 0. The third kappa shape index (κ3) is 3.60. The zero-order chi connectivity index (χ0) is 15.5. The summed E-state index contributed by atoms with van der Waals surface area (Å²) in [6.07, 6.45) is 3.82. The largest absolute Gasteiger partial charge is 0.473 e. The van der Waals surface area contributed by atoms with Gasteiger partial charge < -0.3 is 9.72 Å². The van der Waals surface area contributed by atoms with Gasteiger partial charge in [-0.05, 0) is 26.0 Å². The minimum Gasteiger partial charge on any atom is -0.473 e. The first kappa shape index (κ1) is 15.0. The highest BCUT2D eigenvalue weighted by Crippen LogP contribution is 2.24. The Bertz CT molecular complexity index is 784. The summed E-state index contributed by atoms with van der Waals surface area (Å²) in [6, 6.07) is 4.23. The predicted octanol–water partition coefficient (Wildman–Crippen LogP) is 1.36. The Morgan fingerprint density at radius 3 is 2.76 bits per heavy atom. The highest BCUT2D eigenvalue weighted by Gasteiger charge is 2.20. The van der Waals surface area contributed by atoms with Gasteiger partial charge in [0.05, 0.1) is 6.10 Å². The van der Waals surface area contributed by atoms with Gasteiger partial charge in [-0.3, -0.25) is 9.52 Å². The molecule has 21 heavy (non-hydrogen) atoms. The van der Waals surface area contributed by atoms with Crippen LogP contribution in [0.25, 0.3) is 0 Å². The zero-order valence-electron chi connectivity index (χ0n) is 11.5. The second kappa shape index (κ2) is 5.96. The number of nitrogens with one attached hydrogen (secondary N) is 2. The SMILES string of the molecule is CC(C)Oc1ncccc1NS(=O)(=O)c1c[nH]ccc1=O. The van der Waals surface area contributed by atoms with Gasteiger partial charge in [0.1, 0.15) is 5.69 Å². The Kier molecular flexibility index (Phi) is 4.27. The number of ether oxygens (including phenoxy) is 1. The van der Waals surface area contributed by atoms with Crippen LogP contribution in [-0.2, 0) is 10.0 Å². The van der Waals surface area contributed by atoms with Gasteiger partial charge in [0.2, 0.25) is 11.3 Å². The molecule has 0 aliphatic rings. The summed E-state index contributed by atoms with van der Waals surface area (Å²) in [5.41, 5.74) is -0.425. The number of anilines is 1. The molecule has 0 amide bonds. The van der Waals surface area contributed by atoms with E-state index in [1.807, 2.05) is 0 Å². The van der Waals surface area contributed by atoms with Crippen LogP contribution >= 0.6 is 0 Å². The van der Waals surface area contributed by atoms with Crippen LogP contribution in [0.4, 0.5) is 5.69 Å². The number of aromatic nitrogens is 2. The molecule has 0 aliphatic heterocycles. The average Bonchev–Trinajstić information content (AvgIpc) is 2.40. The molecule has 0 saturated heterocycles. The average molecular weight is 309 g/mol. The Hall–Kier alpha value is -2.35. The van der Waals surface area contributed by atoms with E-state index >= 15 is 0 Å². The van der Waals surface area contributed by atoms with E-state index in [9.17, 15) is 13.2 Å². The second-order valence-corrected chi connectivity index (χ2v) is 6.15. The number of rotatable bonds is 5. The summed E-state index contributed by atoms with van der Waals surface area (Å²) in [5.74, 6) is 0.156. The highest BCUT2D eigenvalue weighted by atomic mass is 32.2. The first-order valence-corrected chi connectivity index (χ1v) is 7.70. The molecule has 7 nitrogen and oxygen atoms in total. The summed E-state index contributed by atoms with van der Waals surface area (Å²) in [7, 11) is -4.02. The number of hydrogen-bond donors (Lipinski definition) is 2. The molecule has 2 heterocycles. The number of aromatic amines is 1.